The number of carbonyl (C=O) groups excluding carboxylic acids is 2. The van der Waals surface area contributed by atoms with Crippen molar-refractivity contribution < 1.29 is 19.2 Å². The van der Waals surface area contributed by atoms with E-state index in [1.54, 1.807) is 11.3 Å². The molecular weight excluding hydrogens is 314 g/mol. The highest BCUT2D eigenvalue weighted by molar-refractivity contribution is 7.18. The van der Waals surface area contributed by atoms with E-state index in [0.717, 1.165) is 22.0 Å². The monoisotopic (exact) mass is 336 g/mol. The van der Waals surface area contributed by atoms with Gasteiger partial charge >= 0.3 is 5.97 Å². The summed E-state index contributed by atoms with van der Waals surface area (Å²) in [5, 5.41) is 3.85. The number of hydrogen-bond acceptors (Lipinski definition) is 5. The average molecular weight is 336 g/mol. The van der Waals surface area contributed by atoms with Gasteiger partial charge < -0.3 is 15.0 Å². The first kappa shape index (κ1) is 17.4. The number of aromatic nitrogens is 1. The second-order valence-electron chi connectivity index (χ2n) is 5.42. The molecular formula is C16H22N3O3S+. The number of nitrogens with zero attached hydrogens (tertiary/aromatic N) is 1. The molecule has 1 unspecified atom stereocenters. The fourth-order valence-electron chi connectivity index (χ4n) is 2.22. The first-order valence-electron chi connectivity index (χ1n) is 7.57. The van der Waals surface area contributed by atoms with Crippen molar-refractivity contribution in [1.29, 1.82) is 0 Å². The number of esters is 1. The zero-order chi connectivity index (χ0) is 16.7. The molecule has 2 N–H and O–H groups in total. The summed E-state index contributed by atoms with van der Waals surface area (Å²) in [5.41, 5.74) is 1.01. The van der Waals surface area contributed by atoms with Crippen molar-refractivity contribution in [1.82, 2.24) is 10.3 Å². The minimum Gasteiger partial charge on any atom is -0.469 e. The lowest BCUT2D eigenvalue weighted by Gasteiger charge is -2.12. The summed E-state index contributed by atoms with van der Waals surface area (Å²) < 4.78 is 5.72. The number of likely N-dealkylation sites (N-methyl/N-ethyl adjacent to an activating group) is 1. The third kappa shape index (κ3) is 5.61. The molecule has 0 aliphatic rings. The highest BCUT2D eigenvalue weighted by Gasteiger charge is 2.13. The Bertz CT molecular complexity index is 638. The molecule has 1 atom stereocenters. The van der Waals surface area contributed by atoms with Gasteiger partial charge in [0.1, 0.15) is 11.6 Å². The summed E-state index contributed by atoms with van der Waals surface area (Å²) in [6.45, 7) is 1.59. The number of benzene rings is 1. The van der Waals surface area contributed by atoms with Gasteiger partial charge in [-0.2, -0.15) is 0 Å². The summed E-state index contributed by atoms with van der Waals surface area (Å²) in [6.07, 6.45) is 0.917. The summed E-state index contributed by atoms with van der Waals surface area (Å²) in [6, 6.07) is 8.03. The molecule has 2 rings (SSSR count). The second-order valence-corrected chi connectivity index (χ2v) is 6.53. The Hall–Kier alpha value is -1.99. The minimum absolute atomic E-state index is 0.0199. The van der Waals surface area contributed by atoms with Crippen molar-refractivity contribution in [2.45, 2.75) is 19.4 Å². The summed E-state index contributed by atoms with van der Waals surface area (Å²) in [5.74, 6) is -0.272. The normalized spacial score (nSPS) is 12.1. The molecule has 0 aliphatic carbocycles. The van der Waals surface area contributed by atoms with Gasteiger partial charge in [0.2, 0.25) is 0 Å². The van der Waals surface area contributed by atoms with Crippen molar-refractivity contribution in [3.05, 3.63) is 29.3 Å². The molecule has 0 saturated heterocycles. The standard InChI is InChI=1S/C16H21N3O3S/c1-19(10-14(20)17-9-5-8-16(21)22-2)11-15-18-12-6-3-4-7-13(12)23-15/h3-4,6-7H,5,8-11H2,1-2H3,(H,17,20)/p+1. The van der Waals surface area contributed by atoms with Gasteiger partial charge in [0.05, 0.1) is 24.4 Å². The Morgan fingerprint density at radius 3 is 2.87 bits per heavy atom. The number of carbonyl (C=O) groups is 2. The first-order chi connectivity index (χ1) is 11.1. The van der Waals surface area contributed by atoms with E-state index in [9.17, 15) is 9.59 Å². The number of hydrogen-bond donors (Lipinski definition) is 2. The maximum Gasteiger partial charge on any atom is 0.305 e. The van der Waals surface area contributed by atoms with E-state index < -0.39 is 0 Å². The van der Waals surface area contributed by atoms with Crippen molar-refractivity contribution >= 4 is 33.4 Å². The molecule has 1 aromatic carbocycles. The quantitative estimate of drug-likeness (QED) is 0.540. The SMILES string of the molecule is COC(=O)CCCNC(=O)C[NH+](C)Cc1nc2ccccc2s1. The van der Waals surface area contributed by atoms with Crippen molar-refractivity contribution in [2.75, 3.05) is 27.2 Å². The van der Waals surface area contributed by atoms with Crippen LogP contribution < -0.4 is 10.2 Å². The molecule has 1 heterocycles. The van der Waals surface area contributed by atoms with Crippen LogP contribution in [0, 0.1) is 0 Å². The van der Waals surface area contributed by atoms with Crippen LogP contribution in [0.3, 0.4) is 0 Å². The fraction of sp³-hybridized carbons (Fsp3) is 0.438. The highest BCUT2D eigenvalue weighted by atomic mass is 32.1. The van der Waals surface area contributed by atoms with Crippen LogP contribution >= 0.6 is 11.3 Å². The molecule has 0 radical (unpaired) electrons. The van der Waals surface area contributed by atoms with Crippen LogP contribution in [0.2, 0.25) is 0 Å². The van der Waals surface area contributed by atoms with E-state index >= 15 is 0 Å². The number of ether oxygens (including phenoxy) is 1. The largest absolute Gasteiger partial charge is 0.469 e. The maximum atomic E-state index is 11.9. The van der Waals surface area contributed by atoms with E-state index in [1.807, 2.05) is 25.2 Å². The second kappa shape index (κ2) is 8.59. The third-order valence-electron chi connectivity index (χ3n) is 3.36. The van der Waals surface area contributed by atoms with Crippen LogP contribution in [0.5, 0.6) is 0 Å². The van der Waals surface area contributed by atoms with Gasteiger partial charge in [0.15, 0.2) is 6.54 Å². The Morgan fingerprint density at radius 2 is 2.13 bits per heavy atom. The van der Waals surface area contributed by atoms with E-state index in [0.29, 0.717) is 25.9 Å². The Balaban J connectivity index is 1.72. The van der Waals surface area contributed by atoms with E-state index in [2.05, 4.69) is 21.1 Å². The number of fused-ring (bicyclic) bond motifs is 1. The zero-order valence-electron chi connectivity index (χ0n) is 13.4. The summed E-state index contributed by atoms with van der Waals surface area (Å²) >= 11 is 1.66. The van der Waals surface area contributed by atoms with Gasteiger partial charge in [-0.1, -0.05) is 12.1 Å². The molecule has 6 nitrogen and oxygen atoms in total. The van der Waals surface area contributed by atoms with Gasteiger partial charge in [-0.05, 0) is 18.6 Å². The lowest BCUT2D eigenvalue weighted by Crippen LogP contribution is -3.08. The molecule has 0 saturated carbocycles. The van der Waals surface area contributed by atoms with Gasteiger partial charge in [-0.15, -0.1) is 11.3 Å². The number of thiazole rings is 1. The van der Waals surface area contributed by atoms with Crippen LogP contribution in [-0.4, -0.2) is 44.1 Å². The van der Waals surface area contributed by atoms with E-state index in [4.69, 9.17) is 0 Å². The lowest BCUT2D eigenvalue weighted by atomic mass is 10.3. The molecule has 0 spiro atoms. The smallest absolute Gasteiger partial charge is 0.305 e. The molecule has 0 bridgehead atoms. The van der Waals surface area contributed by atoms with Crippen molar-refractivity contribution in [2.24, 2.45) is 0 Å². The number of methoxy groups -OCH3 is 1. The van der Waals surface area contributed by atoms with Crippen LogP contribution in [0.4, 0.5) is 0 Å². The number of amides is 1. The molecule has 1 amide bonds. The van der Waals surface area contributed by atoms with Crippen molar-refractivity contribution in [3.63, 3.8) is 0 Å². The van der Waals surface area contributed by atoms with Crippen LogP contribution in [0.15, 0.2) is 24.3 Å². The predicted octanol–water partition coefficient (Wildman–Crippen LogP) is 0.380. The van der Waals surface area contributed by atoms with Gasteiger partial charge in [-0.3, -0.25) is 9.59 Å². The van der Waals surface area contributed by atoms with Crippen molar-refractivity contribution in [3.8, 4) is 0 Å². The molecule has 2 aromatic rings. The molecule has 23 heavy (non-hydrogen) atoms. The lowest BCUT2D eigenvalue weighted by molar-refractivity contribution is -0.885. The predicted molar refractivity (Wildman–Crippen MR) is 89.3 cm³/mol. The van der Waals surface area contributed by atoms with E-state index in [-0.39, 0.29) is 11.9 Å². The Morgan fingerprint density at radius 1 is 1.35 bits per heavy atom. The number of rotatable bonds is 8. The molecule has 1 aromatic heterocycles. The average Bonchev–Trinajstić information content (AvgIpc) is 2.93. The third-order valence-corrected chi connectivity index (χ3v) is 4.40. The summed E-state index contributed by atoms with van der Waals surface area (Å²) in [7, 11) is 3.33. The van der Waals surface area contributed by atoms with Gasteiger partial charge in [0, 0.05) is 13.0 Å². The molecule has 0 aliphatic heterocycles. The van der Waals surface area contributed by atoms with Crippen LogP contribution in [0.25, 0.3) is 10.2 Å². The first-order valence-corrected chi connectivity index (χ1v) is 8.39. The number of para-hydroxylation sites is 1. The fourth-order valence-corrected chi connectivity index (χ4v) is 3.30. The summed E-state index contributed by atoms with van der Waals surface area (Å²) in [4.78, 5) is 28.5. The van der Waals surface area contributed by atoms with Crippen LogP contribution in [-0.2, 0) is 20.9 Å². The topological polar surface area (TPSA) is 72.7 Å². The number of quaternary nitrogens is 1. The molecule has 124 valence electrons. The van der Waals surface area contributed by atoms with Gasteiger partial charge in [-0.25, -0.2) is 4.98 Å². The van der Waals surface area contributed by atoms with Gasteiger partial charge in [0.25, 0.3) is 5.91 Å². The maximum absolute atomic E-state index is 11.9. The minimum atomic E-state index is -0.252. The Kier molecular flexibility index (Phi) is 6.49. The molecule has 7 heteroatoms. The zero-order valence-corrected chi connectivity index (χ0v) is 14.2. The molecule has 0 fully saturated rings. The highest BCUT2D eigenvalue weighted by Crippen LogP contribution is 2.20. The number of nitrogens with one attached hydrogen (secondary N) is 2. The Labute approximate surface area is 139 Å². The van der Waals surface area contributed by atoms with E-state index in [1.165, 1.54) is 11.8 Å². The van der Waals surface area contributed by atoms with Crippen LogP contribution in [0.1, 0.15) is 17.8 Å².